The lowest BCUT2D eigenvalue weighted by Crippen LogP contribution is -2.54. The topological polar surface area (TPSA) is 128 Å². The van der Waals surface area contributed by atoms with Crippen molar-refractivity contribution < 1.29 is 14.6 Å². The largest absolute Gasteiger partial charge is 0.384 e. The number of anilines is 6. The number of morpholine rings is 1. The minimum Gasteiger partial charge on any atom is -0.384 e. The number of hydrogen-bond acceptors (Lipinski definition) is 10. The molecule has 0 aliphatic carbocycles. The molecule has 1 aromatic carbocycles. The Morgan fingerprint density at radius 3 is 2.87 bits per heavy atom. The maximum atomic E-state index is 12.8. The minimum absolute atomic E-state index is 0.251. The summed E-state index contributed by atoms with van der Waals surface area (Å²) in [5.74, 6) is 0.686. The van der Waals surface area contributed by atoms with Gasteiger partial charge in [-0.3, -0.25) is 4.79 Å². The molecule has 1 atom stereocenters. The van der Waals surface area contributed by atoms with Crippen LogP contribution in [0.25, 0.3) is 0 Å². The molecule has 1 unspecified atom stereocenters. The van der Waals surface area contributed by atoms with Gasteiger partial charge in [0.25, 0.3) is 5.91 Å². The second-order valence-electron chi connectivity index (χ2n) is 10.2. The number of aromatic nitrogens is 3. The van der Waals surface area contributed by atoms with Crippen molar-refractivity contribution in [3.8, 4) is 0 Å². The molecule has 1 saturated heterocycles. The van der Waals surface area contributed by atoms with Crippen LogP contribution in [0.1, 0.15) is 29.9 Å². The molecule has 0 saturated carbocycles. The van der Waals surface area contributed by atoms with E-state index in [-0.39, 0.29) is 17.3 Å². The van der Waals surface area contributed by atoms with E-state index in [0.717, 1.165) is 37.7 Å². The molecular weight excluding hydrogens is 496 g/mol. The first kappa shape index (κ1) is 26.4. The molecule has 11 heteroatoms. The predicted octanol–water partition coefficient (Wildman–Crippen LogP) is 3.16. The predicted molar refractivity (Wildman–Crippen MR) is 152 cm³/mol. The van der Waals surface area contributed by atoms with Crippen LogP contribution in [0.3, 0.4) is 0 Å². The number of carbonyl (C=O) groups is 1. The molecule has 204 valence electrons. The average molecular weight is 531 g/mol. The zero-order chi connectivity index (χ0) is 27.6. The molecule has 0 bridgehead atoms. The van der Waals surface area contributed by atoms with Crippen LogP contribution in [0.5, 0.6) is 0 Å². The smallest absolute Gasteiger partial charge is 0.256 e. The van der Waals surface area contributed by atoms with E-state index in [4.69, 9.17) is 4.74 Å². The highest BCUT2D eigenvalue weighted by Gasteiger charge is 2.31. The highest BCUT2D eigenvalue weighted by molar-refractivity contribution is 5.99. The molecule has 0 spiro atoms. The van der Waals surface area contributed by atoms with E-state index >= 15 is 0 Å². The van der Waals surface area contributed by atoms with Crippen molar-refractivity contribution in [1.29, 1.82) is 0 Å². The van der Waals surface area contributed by atoms with E-state index in [2.05, 4.69) is 66.5 Å². The molecule has 1 amide bonds. The van der Waals surface area contributed by atoms with Gasteiger partial charge in [0.15, 0.2) is 0 Å². The van der Waals surface area contributed by atoms with E-state index in [9.17, 15) is 9.90 Å². The number of rotatable bonds is 8. The lowest BCUT2D eigenvalue weighted by Gasteiger charge is -2.45. The number of amides is 1. The fourth-order valence-electron chi connectivity index (χ4n) is 4.75. The monoisotopic (exact) mass is 530 g/mol. The molecule has 0 radical (unpaired) electrons. The Bertz CT molecular complexity index is 1370. The van der Waals surface area contributed by atoms with Crippen molar-refractivity contribution in [3.05, 3.63) is 66.5 Å². The van der Waals surface area contributed by atoms with E-state index in [1.165, 1.54) is 11.9 Å². The third kappa shape index (κ3) is 5.79. The fraction of sp³-hybridized carbons (Fsp3) is 0.357. The number of benzene rings is 1. The summed E-state index contributed by atoms with van der Waals surface area (Å²) in [6.07, 6.45) is 3.07. The van der Waals surface area contributed by atoms with Gasteiger partial charge in [0.2, 0.25) is 5.95 Å². The van der Waals surface area contributed by atoms with E-state index in [1.54, 1.807) is 38.1 Å². The number of hydrogen-bond donors (Lipinski definition) is 4. The van der Waals surface area contributed by atoms with Crippen LogP contribution >= 0.6 is 0 Å². The number of carbonyl (C=O) groups excluding carboxylic acids is 1. The number of ether oxygens (including phenoxy) is 1. The van der Waals surface area contributed by atoms with Gasteiger partial charge in [-0.05, 0) is 44.2 Å². The maximum Gasteiger partial charge on any atom is 0.256 e. The van der Waals surface area contributed by atoms with Gasteiger partial charge >= 0.3 is 0 Å². The SMILES string of the molecule is C=CCNC(=O)c1cnc(Nc2ccc3c(c2)N(C)CC2COCCN32)nc1Nc1cccc(C(C)(C)O)n1. The second kappa shape index (κ2) is 10.9. The Morgan fingerprint density at radius 2 is 2.08 bits per heavy atom. The quantitative estimate of drug-likeness (QED) is 0.323. The lowest BCUT2D eigenvalue weighted by atomic mass is 10.1. The van der Waals surface area contributed by atoms with Crippen LogP contribution in [-0.4, -0.2) is 71.9 Å². The fourth-order valence-corrected chi connectivity index (χ4v) is 4.75. The van der Waals surface area contributed by atoms with Gasteiger partial charge in [-0.1, -0.05) is 12.1 Å². The van der Waals surface area contributed by atoms with Crippen LogP contribution in [0.15, 0.2) is 55.3 Å². The zero-order valence-electron chi connectivity index (χ0n) is 22.4. The number of likely N-dealkylation sites (N-methyl/N-ethyl adjacent to an activating group) is 1. The van der Waals surface area contributed by atoms with Gasteiger partial charge in [-0.15, -0.1) is 6.58 Å². The molecule has 3 aromatic rings. The summed E-state index contributed by atoms with van der Waals surface area (Å²) in [5.41, 5.74) is 2.73. The summed E-state index contributed by atoms with van der Waals surface area (Å²) >= 11 is 0. The molecule has 2 aromatic heterocycles. The standard InChI is InChI=1S/C28H34N8O3/c1-5-11-29-26(37)20-15-30-27(34-25(20)33-24-8-6-7-23(32-24)28(2,3)38)31-18-9-10-21-22(14-18)35(4)16-19-17-39-13-12-36(19)21/h5-10,14-15,19,38H,1,11-13,16-17H2,2-4H3,(H,29,37)(H2,30,31,32,33,34). The first-order valence-corrected chi connectivity index (χ1v) is 12.9. The van der Waals surface area contributed by atoms with Crippen LogP contribution in [0.4, 0.5) is 34.6 Å². The number of pyridine rings is 1. The second-order valence-corrected chi connectivity index (χ2v) is 10.2. The summed E-state index contributed by atoms with van der Waals surface area (Å²) < 4.78 is 5.68. The Labute approximate surface area is 227 Å². The van der Waals surface area contributed by atoms with Crippen molar-refractivity contribution in [2.75, 3.05) is 60.3 Å². The number of nitrogens with zero attached hydrogens (tertiary/aromatic N) is 5. The molecule has 2 aliphatic heterocycles. The summed E-state index contributed by atoms with van der Waals surface area (Å²) in [7, 11) is 2.08. The van der Waals surface area contributed by atoms with Crippen molar-refractivity contribution in [1.82, 2.24) is 20.3 Å². The molecule has 1 fully saturated rings. The average Bonchev–Trinajstić information content (AvgIpc) is 2.92. The zero-order valence-corrected chi connectivity index (χ0v) is 22.4. The van der Waals surface area contributed by atoms with Crippen molar-refractivity contribution in [3.63, 3.8) is 0 Å². The molecule has 11 nitrogen and oxygen atoms in total. The van der Waals surface area contributed by atoms with Crippen molar-refractivity contribution >= 4 is 40.6 Å². The third-order valence-corrected chi connectivity index (χ3v) is 6.73. The van der Waals surface area contributed by atoms with Gasteiger partial charge in [0.05, 0.1) is 36.3 Å². The molecule has 39 heavy (non-hydrogen) atoms. The van der Waals surface area contributed by atoms with E-state index in [1.807, 2.05) is 6.07 Å². The first-order chi connectivity index (χ1) is 18.7. The number of fused-ring (bicyclic) bond motifs is 3. The molecule has 2 aliphatic rings. The lowest BCUT2D eigenvalue weighted by molar-refractivity contribution is 0.0740. The highest BCUT2D eigenvalue weighted by Crippen LogP contribution is 2.38. The van der Waals surface area contributed by atoms with Gasteiger partial charge < -0.3 is 35.6 Å². The third-order valence-electron chi connectivity index (χ3n) is 6.73. The van der Waals surface area contributed by atoms with Crippen LogP contribution in [0.2, 0.25) is 0 Å². The molecule has 4 N–H and O–H groups in total. The Morgan fingerprint density at radius 1 is 1.23 bits per heavy atom. The summed E-state index contributed by atoms with van der Waals surface area (Å²) in [4.78, 5) is 31.0. The molecular formula is C28H34N8O3. The summed E-state index contributed by atoms with van der Waals surface area (Å²) in [5, 5.41) is 19.6. The molecule has 5 rings (SSSR count). The van der Waals surface area contributed by atoms with Gasteiger partial charge in [0, 0.05) is 38.6 Å². The highest BCUT2D eigenvalue weighted by atomic mass is 16.5. The minimum atomic E-state index is -1.12. The van der Waals surface area contributed by atoms with Gasteiger partial charge in [0.1, 0.15) is 22.8 Å². The number of nitrogens with one attached hydrogen (secondary N) is 3. The summed E-state index contributed by atoms with van der Waals surface area (Å²) in [6, 6.07) is 11.8. The summed E-state index contributed by atoms with van der Waals surface area (Å²) in [6.45, 7) is 10.5. The van der Waals surface area contributed by atoms with Crippen molar-refractivity contribution in [2.24, 2.45) is 0 Å². The Balaban J connectivity index is 1.44. The van der Waals surface area contributed by atoms with E-state index in [0.29, 0.717) is 30.0 Å². The molecule has 4 heterocycles. The normalized spacial score (nSPS) is 16.7. The Kier molecular flexibility index (Phi) is 7.36. The number of aliphatic hydroxyl groups is 1. The van der Waals surface area contributed by atoms with Crippen LogP contribution in [-0.2, 0) is 10.3 Å². The van der Waals surface area contributed by atoms with Crippen LogP contribution < -0.4 is 25.8 Å². The van der Waals surface area contributed by atoms with Crippen molar-refractivity contribution in [2.45, 2.75) is 25.5 Å². The van der Waals surface area contributed by atoms with Gasteiger partial charge in [-0.2, -0.15) is 4.98 Å². The first-order valence-electron chi connectivity index (χ1n) is 12.9. The van der Waals surface area contributed by atoms with E-state index < -0.39 is 5.60 Å². The van der Waals surface area contributed by atoms with Gasteiger partial charge in [-0.25, -0.2) is 9.97 Å². The Hall–Kier alpha value is -4.22. The van der Waals surface area contributed by atoms with Crippen LogP contribution in [0, 0.1) is 0 Å². The maximum absolute atomic E-state index is 12.8.